The van der Waals surface area contributed by atoms with Gasteiger partial charge in [0.05, 0.1) is 19.9 Å². The smallest absolute Gasteiger partial charge is 0.224 e. The summed E-state index contributed by atoms with van der Waals surface area (Å²) in [5.41, 5.74) is 0. The predicted molar refractivity (Wildman–Crippen MR) is 75.9 cm³/mol. The monoisotopic (exact) mass is 278 g/mol. The van der Waals surface area contributed by atoms with Gasteiger partial charge in [0, 0.05) is 19.0 Å². The molecule has 1 saturated heterocycles. The molecule has 108 valence electrons. The van der Waals surface area contributed by atoms with Crippen LogP contribution < -0.4 is 5.32 Å². The van der Waals surface area contributed by atoms with E-state index >= 15 is 0 Å². The zero-order chi connectivity index (χ0) is 12.7. The van der Waals surface area contributed by atoms with Crippen molar-refractivity contribution in [1.29, 1.82) is 0 Å². The maximum absolute atomic E-state index is 12.0. The van der Waals surface area contributed by atoms with Crippen LogP contribution in [0.25, 0.3) is 0 Å². The van der Waals surface area contributed by atoms with E-state index in [1.54, 1.807) is 0 Å². The minimum atomic E-state index is 0. The molecule has 0 bridgehead atoms. The Kier molecular flexibility index (Phi) is 9.42. The van der Waals surface area contributed by atoms with Gasteiger partial charge in [-0.1, -0.05) is 27.2 Å². The van der Waals surface area contributed by atoms with Crippen molar-refractivity contribution in [3.05, 3.63) is 0 Å². The van der Waals surface area contributed by atoms with Crippen molar-refractivity contribution in [2.24, 2.45) is 11.8 Å². The van der Waals surface area contributed by atoms with E-state index in [4.69, 9.17) is 4.74 Å². The molecule has 1 N–H and O–H groups in total. The molecule has 0 aliphatic carbocycles. The molecule has 0 radical (unpaired) electrons. The van der Waals surface area contributed by atoms with E-state index in [-0.39, 0.29) is 24.2 Å². The molecule has 2 atom stereocenters. The van der Waals surface area contributed by atoms with Gasteiger partial charge in [-0.15, -0.1) is 12.4 Å². The highest BCUT2D eigenvalue weighted by Crippen LogP contribution is 2.18. The van der Waals surface area contributed by atoms with E-state index in [0.717, 1.165) is 39.1 Å². The fourth-order valence-corrected chi connectivity index (χ4v) is 2.21. The standard InChI is InChI=1S/C13H26N2O2.ClH/c1-4-11(3)12(5-2)13(16)14-10-15-6-8-17-9-7-15;/h11-12H,4-10H2,1-3H3,(H,14,16);1H. The van der Waals surface area contributed by atoms with Gasteiger partial charge in [0.2, 0.25) is 5.91 Å². The van der Waals surface area contributed by atoms with E-state index in [1.165, 1.54) is 0 Å². The number of carbonyl (C=O) groups is 1. The molecule has 0 saturated carbocycles. The third-order valence-corrected chi connectivity index (χ3v) is 3.69. The molecule has 1 fully saturated rings. The van der Waals surface area contributed by atoms with Crippen LogP contribution in [0.15, 0.2) is 0 Å². The quantitative estimate of drug-likeness (QED) is 0.807. The van der Waals surface area contributed by atoms with Crippen molar-refractivity contribution in [3.63, 3.8) is 0 Å². The number of ether oxygens (including phenoxy) is 1. The van der Waals surface area contributed by atoms with E-state index in [1.807, 2.05) is 0 Å². The van der Waals surface area contributed by atoms with Crippen molar-refractivity contribution in [3.8, 4) is 0 Å². The number of nitrogens with one attached hydrogen (secondary N) is 1. The van der Waals surface area contributed by atoms with Crippen molar-refractivity contribution < 1.29 is 9.53 Å². The van der Waals surface area contributed by atoms with Crippen molar-refractivity contribution in [1.82, 2.24) is 10.2 Å². The van der Waals surface area contributed by atoms with Gasteiger partial charge in [0.1, 0.15) is 0 Å². The summed E-state index contributed by atoms with van der Waals surface area (Å²) in [7, 11) is 0. The minimum absolute atomic E-state index is 0. The highest BCUT2D eigenvalue weighted by Gasteiger charge is 2.22. The number of amides is 1. The summed E-state index contributed by atoms with van der Waals surface area (Å²) in [4.78, 5) is 14.3. The largest absolute Gasteiger partial charge is 0.379 e. The van der Waals surface area contributed by atoms with Crippen LogP contribution in [-0.4, -0.2) is 43.8 Å². The topological polar surface area (TPSA) is 41.6 Å². The third kappa shape index (κ3) is 5.55. The first-order valence-corrected chi connectivity index (χ1v) is 6.76. The van der Waals surface area contributed by atoms with Crippen LogP contribution in [0.1, 0.15) is 33.6 Å². The van der Waals surface area contributed by atoms with Crippen LogP contribution in [-0.2, 0) is 9.53 Å². The molecule has 1 amide bonds. The van der Waals surface area contributed by atoms with Crippen LogP contribution in [0.4, 0.5) is 0 Å². The second-order valence-electron chi connectivity index (χ2n) is 4.83. The lowest BCUT2D eigenvalue weighted by Crippen LogP contribution is -2.45. The Morgan fingerprint density at radius 2 is 1.89 bits per heavy atom. The predicted octanol–water partition coefficient (Wildman–Crippen LogP) is 1.89. The lowest BCUT2D eigenvalue weighted by Gasteiger charge is -2.28. The first kappa shape index (κ1) is 17.7. The Morgan fingerprint density at radius 3 is 2.39 bits per heavy atom. The van der Waals surface area contributed by atoms with Crippen LogP contribution in [0, 0.1) is 11.8 Å². The summed E-state index contributed by atoms with van der Waals surface area (Å²) in [6.45, 7) is 10.4. The molecular formula is C13H27ClN2O2. The second kappa shape index (κ2) is 9.59. The Balaban J connectivity index is 0.00000289. The van der Waals surface area contributed by atoms with E-state index < -0.39 is 0 Å². The maximum Gasteiger partial charge on any atom is 0.224 e. The molecule has 1 aliphatic rings. The molecule has 0 aromatic rings. The molecule has 1 rings (SSSR count). The van der Waals surface area contributed by atoms with Gasteiger partial charge in [-0.25, -0.2) is 0 Å². The summed E-state index contributed by atoms with van der Waals surface area (Å²) < 4.78 is 5.28. The maximum atomic E-state index is 12.0. The first-order valence-electron chi connectivity index (χ1n) is 6.76. The molecule has 1 aliphatic heterocycles. The number of carbonyl (C=O) groups excluding carboxylic acids is 1. The fourth-order valence-electron chi connectivity index (χ4n) is 2.21. The summed E-state index contributed by atoms with van der Waals surface area (Å²) in [6.07, 6.45) is 1.98. The van der Waals surface area contributed by atoms with Gasteiger partial charge in [0.25, 0.3) is 0 Å². The van der Waals surface area contributed by atoms with Gasteiger partial charge in [-0.2, -0.15) is 0 Å². The van der Waals surface area contributed by atoms with E-state index in [2.05, 4.69) is 31.0 Å². The average molecular weight is 279 g/mol. The summed E-state index contributed by atoms with van der Waals surface area (Å²) in [5, 5.41) is 3.05. The molecule has 0 aromatic heterocycles. The Morgan fingerprint density at radius 1 is 1.28 bits per heavy atom. The van der Waals surface area contributed by atoms with Crippen LogP contribution >= 0.6 is 12.4 Å². The Hall–Kier alpha value is -0.320. The number of nitrogens with zero attached hydrogens (tertiary/aromatic N) is 1. The molecule has 0 spiro atoms. The number of hydrogen-bond acceptors (Lipinski definition) is 3. The fraction of sp³-hybridized carbons (Fsp3) is 0.923. The summed E-state index contributed by atoms with van der Waals surface area (Å²) in [5.74, 6) is 0.819. The van der Waals surface area contributed by atoms with Gasteiger partial charge in [-0.05, 0) is 12.3 Å². The van der Waals surface area contributed by atoms with Crippen LogP contribution in [0.5, 0.6) is 0 Å². The number of morpholine rings is 1. The zero-order valence-corrected chi connectivity index (χ0v) is 12.6. The highest BCUT2D eigenvalue weighted by molar-refractivity contribution is 5.85. The average Bonchev–Trinajstić information content (AvgIpc) is 2.38. The minimum Gasteiger partial charge on any atom is -0.379 e. The van der Waals surface area contributed by atoms with E-state index in [9.17, 15) is 4.79 Å². The lowest BCUT2D eigenvalue weighted by atomic mass is 9.89. The first-order chi connectivity index (χ1) is 8.19. The van der Waals surface area contributed by atoms with E-state index in [0.29, 0.717) is 12.6 Å². The third-order valence-electron chi connectivity index (χ3n) is 3.69. The molecule has 18 heavy (non-hydrogen) atoms. The Labute approximate surface area is 117 Å². The van der Waals surface area contributed by atoms with Gasteiger partial charge >= 0.3 is 0 Å². The summed E-state index contributed by atoms with van der Waals surface area (Å²) >= 11 is 0. The molecule has 0 aromatic carbocycles. The van der Waals surface area contributed by atoms with Gasteiger partial charge in [-0.3, -0.25) is 9.69 Å². The lowest BCUT2D eigenvalue weighted by molar-refractivity contribution is -0.127. The normalized spacial score (nSPS) is 19.7. The van der Waals surface area contributed by atoms with Gasteiger partial charge in [0.15, 0.2) is 0 Å². The second-order valence-corrected chi connectivity index (χ2v) is 4.83. The van der Waals surface area contributed by atoms with Crippen molar-refractivity contribution in [2.75, 3.05) is 33.0 Å². The number of rotatable bonds is 6. The zero-order valence-electron chi connectivity index (χ0n) is 11.8. The van der Waals surface area contributed by atoms with Crippen LogP contribution in [0.2, 0.25) is 0 Å². The summed E-state index contributed by atoms with van der Waals surface area (Å²) in [6, 6.07) is 0. The number of halogens is 1. The highest BCUT2D eigenvalue weighted by atomic mass is 35.5. The molecule has 2 unspecified atom stereocenters. The molecule has 5 heteroatoms. The molecular weight excluding hydrogens is 252 g/mol. The molecule has 1 heterocycles. The van der Waals surface area contributed by atoms with Gasteiger partial charge < -0.3 is 10.1 Å². The van der Waals surface area contributed by atoms with Crippen molar-refractivity contribution in [2.45, 2.75) is 33.6 Å². The van der Waals surface area contributed by atoms with Crippen molar-refractivity contribution >= 4 is 18.3 Å². The SMILES string of the molecule is CCC(C)C(CC)C(=O)NCN1CCOCC1.Cl. The number of hydrogen-bond donors (Lipinski definition) is 1. The Bertz CT molecular complexity index is 233. The van der Waals surface area contributed by atoms with Crippen LogP contribution in [0.3, 0.4) is 0 Å². The molecule has 4 nitrogen and oxygen atoms in total.